The number of aromatic nitrogens is 1. The monoisotopic (exact) mass is 478 g/mol. The van der Waals surface area contributed by atoms with Gasteiger partial charge in [0, 0.05) is 29.1 Å². The van der Waals surface area contributed by atoms with E-state index in [0.717, 1.165) is 31.3 Å². The number of benzene rings is 2. The van der Waals surface area contributed by atoms with Crippen molar-refractivity contribution in [3.63, 3.8) is 0 Å². The maximum Gasteiger partial charge on any atom is 0.344 e. The second kappa shape index (κ2) is 9.37. The maximum absolute atomic E-state index is 12.7. The molecule has 0 aliphatic carbocycles. The van der Waals surface area contributed by atoms with Crippen molar-refractivity contribution in [2.45, 2.75) is 25.0 Å². The number of piperidine rings is 3. The molecule has 6 rings (SSSR count). The molecule has 0 radical (unpaired) electrons. The summed E-state index contributed by atoms with van der Waals surface area (Å²) in [5.74, 6) is 1.26. The van der Waals surface area contributed by atoms with Gasteiger partial charge in [-0.1, -0.05) is 17.7 Å². The van der Waals surface area contributed by atoms with Gasteiger partial charge in [-0.05, 0) is 79.3 Å². The summed E-state index contributed by atoms with van der Waals surface area (Å²) in [5.41, 5.74) is 1.67. The highest BCUT2D eigenvalue weighted by Gasteiger charge is 2.42. The lowest BCUT2D eigenvalue weighted by atomic mass is 9.73. The number of aliphatic hydroxyl groups excluding tert-OH is 1. The standard InChI is InChI=1S/C27H27ClN2O4/c1-3-16-15-30-11-10-18(16)12-24(30)26(31)22-14-25(29-23-9-8-20(33-2)13-21(22)23)34-27(32)17-4-6-19(28)7-5-17/h3-9,13-14,16,18,24,26,31H,1,10-12,15H2,2H3/t16-,18?,24-,26+/m0/s1. The van der Waals surface area contributed by atoms with Crippen molar-refractivity contribution >= 4 is 28.5 Å². The molecule has 3 aromatic rings. The molecule has 6 nitrogen and oxygen atoms in total. The Labute approximate surface area is 203 Å². The van der Waals surface area contributed by atoms with Gasteiger partial charge in [0.05, 0.1) is 24.3 Å². The van der Waals surface area contributed by atoms with E-state index in [2.05, 4.69) is 16.5 Å². The van der Waals surface area contributed by atoms with E-state index in [0.29, 0.717) is 39.3 Å². The maximum atomic E-state index is 12.7. The number of esters is 1. The number of aliphatic hydroxyl groups is 1. The predicted molar refractivity (Wildman–Crippen MR) is 131 cm³/mol. The van der Waals surface area contributed by atoms with Crippen molar-refractivity contribution in [3.05, 3.63) is 77.3 Å². The van der Waals surface area contributed by atoms with Crippen LogP contribution in [-0.2, 0) is 0 Å². The number of fused-ring (bicyclic) bond motifs is 4. The average molecular weight is 479 g/mol. The van der Waals surface area contributed by atoms with Gasteiger partial charge in [-0.25, -0.2) is 9.78 Å². The number of methoxy groups -OCH3 is 1. The Kier molecular flexibility index (Phi) is 6.30. The zero-order chi connectivity index (χ0) is 23.8. The van der Waals surface area contributed by atoms with Gasteiger partial charge in [0.15, 0.2) is 0 Å². The van der Waals surface area contributed by atoms with Gasteiger partial charge in [0.25, 0.3) is 0 Å². The van der Waals surface area contributed by atoms with Gasteiger partial charge in [-0.15, -0.1) is 6.58 Å². The summed E-state index contributed by atoms with van der Waals surface area (Å²) < 4.78 is 11.0. The van der Waals surface area contributed by atoms with Crippen LogP contribution in [0, 0.1) is 11.8 Å². The normalized spacial score (nSPS) is 24.6. The highest BCUT2D eigenvalue weighted by Crippen LogP contribution is 2.43. The summed E-state index contributed by atoms with van der Waals surface area (Å²) in [5, 5.41) is 12.9. The molecule has 2 unspecified atom stereocenters. The van der Waals surface area contributed by atoms with Crippen LogP contribution in [0.2, 0.25) is 5.02 Å². The molecule has 176 valence electrons. The van der Waals surface area contributed by atoms with Crippen LogP contribution in [0.15, 0.2) is 61.2 Å². The molecule has 3 fully saturated rings. The van der Waals surface area contributed by atoms with Crippen molar-refractivity contribution in [1.82, 2.24) is 9.88 Å². The lowest BCUT2D eigenvalue weighted by Crippen LogP contribution is -2.54. The first kappa shape index (κ1) is 22.8. The first-order valence-corrected chi connectivity index (χ1v) is 11.9. The minimum atomic E-state index is -0.765. The Hall–Kier alpha value is -2.93. The van der Waals surface area contributed by atoms with E-state index in [1.165, 1.54) is 0 Å². The molecular weight excluding hydrogens is 452 g/mol. The molecule has 0 spiro atoms. The quantitative estimate of drug-likeness (QED) is 0.395. The second-order valence-electron chi connectivity index (χ2n) is 9.02. The third-order valence-electron chi connectivity index (χ3n) is 7.14. The summed E-state index contributed by atoms with van der Waals surface area (Å²) in [6.45, 7) is 5.86. The van der Waals surface area contributed by atoms with Crippen molar-refractivity contribution < 1.29 is 19.4 Å². The van der Waals surface area contributed by atoms with E-state index in [1.54, 1.807) is 43.5 Å². The number of carbonyl (C=O) groups is 1. The lowest BCUT2D eigenvalue weighted by Gasteiger charge is -2.50. The van der Waals surface area contributed by atoms with Gasteiger partial charge in [0.2, 0.25) is 5.88 Å². The molecule has 1 N–H and O–H groups in total. The van der Waals surface area contributed by atoms with Crippen LogP contribution in [0.1, 0.15) is 34.9 Å². The van der Waals surface area contributed by atoms with Crippen LogP contribution in [0.3, 0.4) is 0 Å². The lowest BCUT2D eigenvalue weighted by molar-refractivity contribution is -0.0445. The van der Waals surface area contributed by atoms with Crippen LogP contribution in [-0.4, -0.2) is 47.2 Å². The Bertz CT molecular complexity index is 1230. The number of hydrogen-bond acceptors (Lipinski definition) is 6. The number of carbonyl (C=O) groups excluding carboxylic acids is 1. The number of nitrogens with zero attached hydrogens (tertiary/aromatic N) is 2. The predicted octanol–water partition coefficient (Wildman–Crippen LogP) is 5.05. The molecule has 3 saturated heterocycles. The van der Waals surface area contributed by atoms with Crippen molar-refractivity contribution in [2.75, 3.05) is 20.2 Å². The molecule has 3 aliphatic rings. The van der Waals surface area contributed by atoms with Crippen LogP contribution in [0.4, 0.5) is 0 Å². The molecule has 2 aromatic carbocycles. The van der Waals surface area contributed by atoms with E-state index in [4.69, 9.17) is 21.1 Å². The molecule has 34 heavy (non-hydrogen) atoms. The summed E-state index contributed by atoms with van der Waals surface area (Å²) in [6, 6.07) is 13.6. The number of halogens is 1. The molecule has 0 saturated carbocycles. The fraction of sp³-hybridized carbons (Fsp3) is 0.333. The second-order valence-corrected chi connectivity index (χ2v) is 9.46. The molecular formula is C27H27ClN2O4. The summed E-state index contributed by atoms with van der Waals surface area (Å²) in [6.07, 6.45) is 3.29. The first-order chi connectivity index (χ1) is 16.5. The number of pyridine rings is 1. The van der Waals surface area contributed by atoms with E-state index in [1.807, 2.05) is 18.2 Å². The summed E-state index contributed by atoms with van der Waals surface area (Å²) >= 11 is 5.93. The van der Waals surface area contributed by atoms with Crippen LogP contribution >= 0.6 is 11.6 Å². The van der Waals surface area contributed by atoms with Crippen molar-refractivity contribution in [3.8, 4) is 11.6 Å². The molecule has 4 heterocycles. The Morgan fingerprint density at radius 3 is 2.74 bits per heavy atom. The largest absolute Gasteiger partial charge is 0.497 e. The first-order valence-electron chi connectivity index (χ1n) is 11.5. The minimum Gasteiger partial charge on any atom is -0.497 e. The number of rotatable bonds is 6. The van der Waals surface area contributed by atoms with E-state index in [9.17, 15) is 9.90 Å². The van der Waals surface area contributed by atoms with Gasteiger partial charge in [-0.3, -0.25) is 4.90 Å². The van der Waals surface area contributed by atoms with E-state index < -0.39 is 12.1 Å². The van der Waals surface area contributed by atoms with Gasteiger partial charge in [0.1, 0.15) is 5.75 Å². The number of ether oxygens (including phenoxy) is 2. The SMILES string of the molecule is C=C[C@H]1CN2CCC1C[C@H]2[C@H](O)c1cc(OC(=O)c2ccc(Cl)cc2)nc2ccc(OC)cc12. The highest BCUT2D eigenvalue weighted by molar-refractivity contribution is 6.30. The zero-order valence-corrected chi connectivity index (χ0v) is 19.7. The molecule has 1 aromatic heterocycles. The highest BCUT2D eigenvalue weighted by atomic mass is 35.5. The Morgan fingerprint density at radius 2 is 2.06 bits per heavy atom. The Balaban J connectivity index is 1.51. The number of hydrogen-bond donors (Lipinski definition) is 1. The van der Waals surface area contributed by atoms with Crippen LogP contribution in [0.25, 0.3) is 10.9 Å². The van der Waals surface area contributed by atoms with Gasteiger partial charge >= 0.3 is 5.97 Å². The van der Waals surface area contributed by atoms with Gasteiger partial charge in [-0.2, -0.15) is 0 Å². The van der Waals surface area contributed by atoms with Crippen molar-refractivity contribution in [2.24, 2.45) is 11.8 Å². The fourth-order valence-electron chi connectivity index (χ4n) is 5.28. The van der Waals surface area contributed by atoms with Crippen LogP contribution < -0.4 is 9.47 Å². The van der Waals surface area contributed by atoms with Crippen molar-refractivity contribution in [1.29, 1.82) is 0 Å². The molecule has 2 bridgehead atoms. The third-order valence-corrected chi connectivity index (χ3v) is 7.39. The third kappa shape index (κ3) is 4.29. The summed E-state index contributed by atoms with van der Waals surface area (Å²) in [4.78, 5) is 19.6. The molecule has 0 amide bonds. The van der Waals surface area contributed by atoms with E-state index >= 15 is 0 Å². The minimum absolute atomic E-state index is 0.0217. The van der Waals surface area contributed by atoms with Crippen LogP contribution in [0.5, 0.6) is 11.6 Å². The smallest absolute Gasteiger partial charge is 0.344 e. The Morgan fingerprint density at radius 1 is 1.26 bits per heavy atom. The fourth-order valence-corrected chi connectivity index (χ4v) is 5.41. The topological polar surface area (TPSA) is 71.9 Å². The summed E-state index contributed by atoms with van der Waals surface area (Å²) in [7, 11) is 1.61. The molecule has 5 atom stereocenters. The molecule has 3 aliphatic heterocycles. The average Bonchev–Trinajstić information content (AvgIpc) is 2.88. The van der Waals surface area contributed by atoms with Gasteiger partial charge < -0.3 is 14.6 Å². The van der Waals surface area contributed by atoms with E-state index in [-0.39, 0.29) is 11.9 Å². The zero-order valence-electron chi connectivity index (χ0n) is 19.0. The molecule has 7 heteroatoms.